The topological polar surface area (TPSA) is 75.3 Å². The molecular formula is C19H27N3O3S. The van der Waals surface area contributed by atoms with E-state index in [0.717, 1.165) is 42.5 Å². The van der Waals surface area contributed by atoms with Crippen LogP contribution in [0.5, 0.6) is 0 Å². The minimum atomic E-state index is -3.22. The lowest BCUT2D eigenvalue weighted by Crippen LogP contribution is -2.42. The van der Waals surface area contributed by atoms with Crippen molar-refractivity contribution in [3.63, 3.8) is 0 Å². The number of benzene rings is 1. The number of aromatic amines is 1. The van der Waals surface area contributed by atoms with Crippen molar-refractivity contribution in [2.75, 3.05) is 32.1 Å². The summed E-state index contributed by atoms with van der Waals surface area (Å²) < 4.78 is 32.8. The third-order valence-electron chi connectivity index (χ3n) is 5.61. The number of aromatic nitrogens is 2. The Balaban J connectivity index is 1.49. The quantitative estimate of drug-likeness (QED) is 0.889. The summed E-state index contributed by atoms with van der Waals surface area (Å²) >= 11 is 0. The molecule has 1 N–H and O–H groups in total. The molecule has 2 aliphatic rings. The van der Waals surface area contributed by atoms with Gasteiger partial charge in [0.25, 0.3) is 0 Å². The van der Waals surface area contributed by atoms with Crippen LogP contribution < -0.4 is 0 Å². The molecule has 2 aliphatic heterocycles. The van der Waals surface area contributed by atoms with Gasteiger partial charge in [0.05, 0.1) is 16.8 Å². The van der Waals surface area contributed by atoms with Crippen LogP contribution in [0, 0.1) is 12.8 Å². The monoisotopic (exact) mass is 377 g/mol. The molecule has 1 aromatic heterocycles. The Hall–Kier alpha value is -1.44. The molecular weight excluding hydrogens is 350 g/mol. The zero-order valence-corrected chi connectivity index (χ0v) is 16.1. The maximum Gasteiger partial charge on any atom is 0.214 e. The van der Waals surface area contributed by atoms with E-state index in [-0.39, 0.29) is 17.6 Å². The smallest absolute Gasteiger partial charge is 0.214 e. The number of sulfonamides is 1. The van der Waals surface area contributed by atoms with Gasteiger partial charge < -0.3 is 9.72 Å². The van der Waals surface area contributed by atoms with Gasteiger partial charge in [0.2, 0.25) is 10.0 Å². The van der Waals surface area contributed by atoms with E-state index in [1.807, 2.05) is 6.07 Å². The summed E-state index contributed by atoms with van der Waals surface area (Å²) in [6.45, 7) is 4.58. The fourth-order valence-corrected chi connectivity index (χ4v) is 6.03. The number of ether oxygens (including phenoxy) is 1. The highest BCUT2D eigenvalue weighted by Gasteiger charge is 2.33. The van der Waals surface area contributed by atoms with Gasteiger partial charge in [0, 0.05) is 32.2 Å². The molecule has 2 aromatic rings. The third-order valence-corrected chi connectivity index (χ3v) is 7.62. The van der Waals surface area contributed by atoms with E-state index < -0.39 is 10.0 Å². The van der Waals surface area contributed by atoms with Gasteiger partial charge in [-0.1, -0.05) is 6.07 Å². The fraction of sp³-hybridized carbons (Fsp3) is 0.632. The number of piperidine rings is 1. The number of hydrogen-bond acceptors (Lipinski definition) is 4. The SMILES string of the molecule is Cc1ccc2nc(C3CCCN(S(=O)(=O)CC4CCOCC4)C3)[nH]c2c1. The van der Waals surface area contributed by atoms with Crippen LogP contribution in [0.1, 0.15) is 43.0 Å². The number of fused-ring (bicyclic) bond motifs is 1. The van der Waals surface area contributed by atoms with Gasteiger partial charge in [-0.05, 0) is 56.2 Å². The molecule has 0 amide bonds. The summed E-state index contributed by atoms with van der Waals surface area (Å²) in [5.41, 5.74) is 3.17. The summed E-state index contributed by atoms with van der Waals surface area (Å²) in [6.07, 6.45) is 3.55. The molecule has 0 bridgehead atoms. The largest absolute Gasteiger partial charge is 0.381 e. The fourth-order valence-electron chi connectivity index (χ4n) is 4.07. The van der Waals surface area contributed by atoms with Crippen molar-refractivity contribution in [2.45, 2.75) is 38.5 Å². The average molecular weight is 378 g/mol. The number of H-pyrrole nitrogens is 1. The van der Waals surface area contributed by atoms with Crippen molar-refractivity contribution in [3.8, 4) is 0 Å². The summed E-state index contributed by atoms with van der Waals surface area (Å²) in [5, 5.41) is 0. The molecule has 142 valence electrons. The van der Waals surface area contributed by atoms with Gasteiger partial charge in [-0.3, -0.25) is 0 Å². The van der Waals surface area contributed by atoms with Crippen molar-refractivity contribution in [3.05, 3.63) is 29.6 Å². The number of imidazole rings is 1. The highest BCUT2D eigenvalue weighted by molar-refractivity contribution is 7.89. The van der Waals surface area contributed by atoms with Crippen molar-refractivity contribution in [1.29, 1.82) is 0 Å². The van der Waals surface area contributed by atoms with Crippen LogP contribution in [-0.4, -0.2) is 54.7 Å². The Bertz CT molecular complexity index is 871. The second-order valence-corrected chi connectivity index (χ2v) is 9.69. The normalized spacial score (nSPS) is 23.5. The number of aryl methyl sites for hydroxylation is 1. The number of nitrogens with one attached hydrogen (secondary N) is 1. The average Bonchev–Trinajstić information content (AvgIpc) is 3.05. The first-order valence-electron chi connectivity index (χ1n) is 9.53. The minimum absolute atomic E-state index is 0.140. The molecule has 4 rings (SSSR count). The molecule has 1 atom stereocenters. The van der Waals surface area contributed by atoms with E-state index in [1.165, 1.54) is 5.56 Å². The van der Waals surface area contributed by atoms with Crippen LogP contribution in [0.25, 0.3) is 11.0 Å². The van der Waals surface area contributed by atoms with E-state index in [9.17, 15) is 8.42 Å². The van der Waals surface area contributed by atoms with Crippen molar-refractivity contribution in [2.24, 2.45) is 5.92 Å². The molecule has 3 heterocycles. The summed E-state index contributed by atoms with van der Waals surface area (Å²) in [4.78, 5) is 8.13. The van der Waals surface area contributed by atoms with Crippen molar-refractivity contribution < 1.29 is 13.2 Å². The van der Waals surface area contributed by atoms with Crippen molar-refractivity contribution >= 4 is 21.1 Å². The van der Waals surface area contributed by atoms with Crippen LogP contribution in [-0.2, 0) is 14.8 Å². The lowest BCUT2D eigenvalue weighted by Gasteiger charge is -2.32. The van der Waals surface area contributed by atoms with Crippen molar-refractivity contribution in [1.82, 2.24) is 14.3 Å². The molecule has 1 unspecified atom stereocenters. The molecule has 0 aliphatic carbocycles. The second-order valence-electron chi connectivity index (χ2n) is 7.67. The Morgan fingerprint density at radius 2 is 2.08 bits per heavy atom. The molecule has 26 heavy (non-hydrogen) atoms. The molecule has 1 aromatic carbocycles. The first-order valence-corrected chi connectivity index (χ1v) is 11.1. The highest BCUT2D eigenvalue weighted by Crippen LogP contribution is 2.29. The van der Waals surface area contributed by atoms with E-state index in [1.54, 1.807) is 4.31 Å². The van der Waals surface area contributed by atoms with Crippen LogP contribution in [0.3, 0.4) is 0 Å². The highest BCUT2D eigenvalue weighted by atomic mass is 32.2. The predicted octanol–water partition coefficient (Wildman–Crippen LogP) is 2.81. The Kier molecular flexibility index (Phi) is 5.03. The zero-order valence-electron chi connectivity index (χ0n) is 15.3. The Labute approximate surface area is 155 Å². The molecule has 6 nitrogen and oxygen atoms in total. The predicted molar refractivity (Wildman–Crippen MR) is 102 cm³/mol. The van der Waals surface area contributed by atoms with Gasteiger partial charge in [0.1, 0.15) is 5.82 Å². The molecule has 0 radical (unpaired) electrons. The maximum atomic E-state index is 12.9. The summed E-state index contributed by atoms with van der Waals surface area (Å²) in [7, 11) is -3.22. The Morgan fingerprint density at radius 3 is 2.88 bits per heavy atom. The zero-order chi connectivity index (χ0) is 18.1. The van der Waals surface area contributed by atoms with Crippen LogP contribution in [0.2, 0.25) is 0 Å². The minimum Gasteiger partial charge on any atom is -0.381 e. The van der Waals surface area contributed by atoms with Gasteiger partial charge in [-0.25, -0.2) is 17.7 Å². The second kappa shape index (κ2) is 7.29. The van der Waals surface area contributed by atoms with Crippen LogP contribution in [0.4, 0.5) is 0 Å². The maximum absolute atomic E-state index is 12.9. The molecule has 0 saturated carbocycles. The lowest BCUT2D eigenvalue weighted by molar-refractivity contribution is 0.0720. The van der Waals surface area contributed by atoms with Crippen LogP contribution >= 0.6 is 0 Å². The standard InChI is InChI=1S/C19H27N3O3S/c1-14-4-5-17-18(11-14)21-19(20-17)16-3-2-8-22(12-16)26(23,24)13-15-6-9-25-10-7-15/h4-5,11,15-16H,2-3,6-10,12-13H2,1H3,(H,20,21). The first kappa shape index (κ1) is 17.9. The molecule has 2 saturated heterocycles. The number of hydrogen-bond donors (Lipinski definition) is 1. The molecule has 7 heteroatoms. The van der Waals surface area contributed by atoms with Gasteiger partial charge in [0.15, 0.2) is 0 Å². The third kappa shape index (κ3) is 3.80. The van der Waals surface area contributed by atoms with E-state index in [4.69, 9.17) is 9.72 Å². The molecule has 2 fully saturated rings. The Morgan fingerprint density at radius 1 is 1.27 bits per heavy atom. The lowest BCUT2D eigenvalue weighted by atomic mass is 9.99. The van der Waals surface area contributed by atoms with E-state index >= 15 is 0 Å². The van der Waals surface area contributed by atoms with E-state index in [0.29, 0.717) is 26.3 Å². The van der Waals surface area contributed by atoms with Gasteiger partial charge in [-0.2, -0.15) is 0 Å². The summed E-state index contributed by atoms with van der Waals surface area (Å²) in [5.74, 6) is 1.53. The number of nitrogens with zero attached hydrogens (tertiary/aromatic N) is 2. The first-order chi connectivity index (χ1) is 12.5. The van der Waals surface area contributed by atoms with Gasteiger partial charge in [-0.15, -0.1) is 0 Å². The molecule has 0 spiro atoms. The summed E-state index contributed by atoms with van der Waals surface area (Å²) in [6, 6.07) is 6.17. The number of rotatable bonds is 4. The van der Waals surface area contributed by atoms with Crippen LogP contribution in [0.15, 0.2) is 18.2 Å². The van der Waals surface area contributed by atoms with E-state index in [2.05, 4.69) is 24.0 Å². The van der Waals surface area contributed by atoms with Gasteiger partial charge >= 0.3 is 0 Å².